The van der Waals surface area contributed by atoms with Gasteiger partial charge in [0.2, 0.25) is 11.9 Å². The first kappa shape index (κ1) is 13.5. The van der Waals surface area contributed by atoms with Crippen molar-refractivity contribution in [2.45, 2.75) is 26.4 Å². The van der Waals surface area contributed by atoms with Gasteiger partial charge in [-0.15, -0.1) is 0 Å². The van der Waals surface area contributed by atoms with Gasteiger partial charge < -0.3 is 10.1 Å². The number of carbonyl (C=O) groups excluding carboxylic acids is 1. The van der Waals surface area contributed by atoms with E-state index in [0.29, 0.717) is 0 Å². The normalized spacial score (nSPS) is 11.4. The summed E-state index contributed by atoms with van der Waals surface area (Å²) in [5, 5.41) is 2.24. The molecular formula is C11H14F2N2O2. The van der Waals surface area contributed by atoms with Crippen LogP contribution in [0.5, 0.6) is 0 Å². The van der Waals surface area contributed by atoms with E-state index in [4.69, 9.17) is 4.74 Å². The Labute approximate surface area is 98.0 Å². The fraction of sp³-hybridized carbons (Fsp3) is 0.455. The number of hydrogen-bond donors (Lipinski definition) is 1. The van der Waals surface area contributed by atoms with Gasteiger partial charge in [-0.1, -0.05) is 0 Å². The van der Waals surface area contributed by atoms with Crippen molar-refractivity contribution in [1.29, 1.82) is 0 Å². The summed E-state index contributed by atoms with van der Waals surface area (Å²) in [5.41, 5.74) is -0.634. The number of amides is 1. The van der Waals surface area contributed by atoms with E-state index >= 15 is 0 Å². The highest BCUT2D eigenvalue weighted by Gasteiger charge is 2.14. The Morgan fingerprint density at radius 3 is 2.59 bits per heavy atom. The number of aromatic nitrogens is 1. The zero-order valence-electron chi connectivity index (χ0n) is 9.88. The highest BCUT2D eigenvalue weighted by atomic mass is 19.1. The van der Waals surface area contributed by atoms with Crippen LogP contribution in [0.3, 0.4) is 0 Å². The minimum atomic E-state index is -1.06. The third kappa shape index (κ3) is 4.86. The summed E-state index contributed by atoms with van der Waals surface area (Å²) in [6.45, 7) is 5.17. The van der Waals surface area contributed by atoms with Crippen LogP contribution in [0.1, 0.15) is 20.8 Å². The third-order valence-electron chi connectivity index (χ3n) is 1.73. The molecule has 1 amide bonds. The molecule has 6 heteroatoms. The molecule has 1 aromatic heterocycles. The van der Waals surface area contributed by atoms with E-state index in [-0.39, 0.29) is 12.3 Å². The van der Waals surface area contributed by atoms with Gasteiger partial charge in [0.25, 0.3) is 5.91 Å². The molecule has 1 aromatic rings. The Balaban J connectivity index is 2.57. The predicted octanol–water partition coefficient (Wildman–Crippen LogP) is 2.11. The van der Waals surface area contributed by atoms with Gasteiger partial charge >= 0.3 is 0 Å². The molecule has 94 valence electrons. The molecule has 0 saturated heterocycles. The minimum Gasteiger partial charge on any atom is -0.366 e. The Kier molecular flexibility index (Phi) is 4.11. The van der Waals surface area contributed by atoms with Crippen LogP contribution in [-0.2, 0) is 9.53 Å². The average molecular weight is 244 g/mol. The average Bonchev–Trinajstić information content (AvgIpc) is 2.18. The standard InChI is InChI=1S/C11H14F2N2O2/c1-11(2,3)17-6-9(16)14-7-4-5-8(12)15-10(7)13/h4-5H,6H2,1-3H3,(H,14,16). The van der Waals surface area contributed by atoms with Crippen molar-refractivity contribution >= 4 is 11.6 Å². The van der Waals surface area contributed by atoms with Gasteiger partial charge in [-0.05, 0) is 32.9 Å². The fourth-order valence-corrected chi connectivity index (χ4v) is 0.974. The maximum Gasteiger partial charge on any atom is 0.250 e. The van der Waals surface area contributed by atoms with Crippen LogP contribution >= 0.6 is 0 Å². The molecule has 17 heavy (non-hydrogen) atoms. The summed E-state index contributed by atoms with van der Waals surface area (Å²) in [4.78, 5) is 14.3. The second-order valence-corrected chi connectivity index (χ2v) is 4.42. The van der Waals surface area contributed by atoms with Crippen molar-refractivity contribution in [2.24, 2.45) is 0 Å². The fourth-order valence-electron chi connectivity index (χ4n) is 0.974. The number of pyridine rings is 1. The van der Waals surface area contributed by atoms with Gasteiger partial charge in [0.05, 0.1) is 11.3 Å². The predicted molar refractivity (Wildman–Crippen MR) is 58.5 cm³/mol. The smallest absolute Gasteiger partial charge is 0.250 e. The van der Waals surface area contributed by atoms with E-state index in [1.54, 1.807) is 20.8 Å². The Bertz CT molecular complexity index is 416. The summed E-state index contributed by atoms with van der Waals surface area (Å²) in [5.74, 6) is -2.52. The van der Waals surface area contributed by atoms with Crippen molar-refractivity contribution in [3.05, 3.63) is 24.0 Å². The van der Waals surface area contributed by atoms with Gasteiger partial charge in [-0.2, -0.15) is 13.8 Å². The van der Waals surface area contributed by atoms with Crippen LogP contribution in [0.15, 0.2) is 12.1 Å². The monoisotopic (exact) mass is 244 g/mol. The third-order valence-corrected chi connectivity index (χ3v) is 1.73. The Morgan fingerprint density at radius 2 is 2.06 bits per heavy atom. The first-order chi connectivity index (χ1) is 7.78. The van der Waals surface area contributed by atoms with Crippen molar-refractivity contribution in [1.82, 2.24) is 4.98 Å². The van der Waals surface area contributed by atoms with Gasteiger partial charge in [0.15, 0.2) is 0 Å². The minimum absolute atomic E-state index is 0.172. The molecule has 0 saturated carbocycles. The summed E-state index contributed by atoms with van der Waals surface area (Å²) >= 11 is 0. The summed E-state index contributed by atoms with van der Waals surface area (Å²) in [6, 6.07) is 2.07. The van der Waals surface area contributed by atoms with E-state index in [2.05, 4.69) is 10.3 Å². The van der Waals surface area contributed by atoms with Crippen molar-refractivity contribution in [3.8, 4) is 0 Å². The van der Waals surface area contributed by atoms with E-state index in [1.165, 1.54) is 0 Å². The maximum absolute atomic E-state index is 13.1. The molecule has 0 aliphatic heterocycles. The molecule has 0 aromatic carbocycles. The number of nitrogens with zero attached hydrogens (tertiary/aromatic N) is 1. The second-order valence-electron chi connectivity index (χ2n) is 4.42. The lowest BCUT2D eigenvalue weighted by Crippen LogP contribution is -2.27. The molecule has 0 atom stereocenters. The van der Waals surface area contributed by atoms with Gasteiger partial charge in [-0.3, -0.25) is 4.79 Å². The SMILES string of the molecule is CC(C)(C)OCC(=O)Nc1ccc(F)nc1F. The molecular weight excluding hydrogens is 230 g/mol. The summed E-state index contributed by atoms with van der Waals surface area (Å²) in [7, 11) is 0. The summed E-state index contributed by atoms with van der Waals surface area (Å²) < 4.78 is 30.8. The van der Waals surface area contributed by atoms with Crippen LogP contribution in [0.25, 0.3) is 0 Å². The maximum atomic E-state index is 13.1. The Morgan fingerprint density at radius 1 is 1.41 bits per heavy atom. The molecule has 0 unspecified atom stereocenters. The van der Waals surface area contributed by atoms with Gasteiger partial charge in [-0.25, -0.2) is 0 Å². The molecule has 0 bridgehead atoms. The Hall–Kier alpha value is -1.56. The molecule has 1 rings (SSSR count). The summed E-state index contributed by atoms with van der Waals surface area (Å²) in [6.07, 6.45) is 0. The number of ether oxygens (including phenoxy) is 1. The molecule has 1 N–H and O–H groups in total. The van der Waals surface area contributed by atoms with Crippen LogP contribution < -0.4 is 5.32 Å². The first-order valence-corrected chi connectivity index (χ1v) is 5.04. The van der Waals surface area contributed by atoms with E-state index in [9.17, 15) is 13.6 Å². The molecule has 0 aliphatic rings. The van der Waals surface area contributed by atoms with Crippen molar-refractivity contribution in [2.75, 3.05) is 11.9 Å². The topological polar surface area (TPSA) is 51.2 Å². The van der Waals surface area contributed by atoms with Gasteiger partial charge in [0, 0.05) is 0 Å². The zero-order chi connectivity index (χ0) is 13.1. The number of halogens is 2. The van der Waals surface area contributed by atoms with Crippen LogP contribution in [0, 0.1) is 11.9 Å². The first-order valence-electron chi connectivity index (χ1n) is 5.04. The molecule has 0 aliphatic carbocycles. The zero-order valence-corrected chi connectivity index (χ0v) is 9.88. The number of carbonyl (C=O) groups is 1. The van der Waals surface area contributed by atoms with Crippen molar-refractivity contribution < 1.29 is 18.3 Å². The number of nitrogens with one attached hydrogen (secondary N) is 1. The van der Waals surface area contributed by atoms with Crippen LogP contribution in [0.4, 0.5) is 14.5 Å². The van der Waals surface area contributed by atoms with Gasteiger partial charge in [0.1, 0.15) is 6.61 Å². The van der Waals surface area contributed by atoms with E-state index in [0.717, 1.165) is 12.1 Å². The van der Waals surface area contributed by atoms with Crippen LogP contribution in [0.2, 0.25) is 0 Å². The molecule has 0 spiro atoms. The molecule has 1 heterocycles. The number of anilines is 1. The molecule has 0 fully saturated rings. The number of rotatable bonds is 3. The lowest BCUT2D eigenvalue weighted by Gasteiger charge is -2.18. The molecule has 4 nitrogen and oxygen atoms in total. The molecule has 0 radical (unpaired) electrons. The van der Waals surface area contributed by atoms with E-state index < -0.39 is 23.4 Å². The largest absolute Gasteiger partial charge is 0.366 e. The highest BCUT2D eigenvalue weighted by molar-refractivity contribution is 5.91. The lowest BCUT2D eigenvalue weighted by atomic mass is 10.2. The van der Waals surface area contributed by atoms with Crippen molar-refractivity contribution in [3.63, 3.8) is 0 Å². The quantitative estimate of drug-likeness (QED) is 0.828. The van der Waals surface area contributed by atoms with Crippen LogP contribution in [-0.4, -0.2) is 23.1 Å². The number of hydrogen-bond acceptors (Lipinski definition) is 3. The van der Waals surface area contributed by atoms with E-state index in [1.807, 2.05) is 0 Å². The second kappa shape index (κ2) is 5.18. The highest BCUT2D eigenvalue weighted by Crippen LogP contribution is 2.12. The lowest BCUT2D eigenvalue weighted by molar-refractivity contribution is -0.125.